The van der Waals surface area contributed by atoms with E-state index in [-0.39, 0.29) is 5.91 Å². The van der Waals surface area contributed by atoms with Crippen LogP contribution in [0.2, 0.25) is 0 Å². The Bertz CT molecular complexity index is 659. The lowest BCUT2D eigenvalue weighted by atomic mass is 10.1. The van der Waals surface area contributed by atoms with Crippen LogP contribution in [0.25, 0.3) is 0 Å². The zero-order valence-corrected chi connectivity index (χ0v) is 15.2. The summed E-state index contributed by atoms with van der Waals surface area (Å²) in [5, 5.41) is 2.90. The number of anilines is 1. The van der Waals surface area contributed by atoms with Crippen molar-refractivity contribution in [3.63, 3.8) is 0 Å². The number of carbonyl (C=O) groups excluding carboxylic acids is 1. The first-order valence-corrected chi connectivity index (χ1v) is 8.64. The fourth-order valence-corrected chi connectivity index (χ4v) is 2.58. The van der Waals surface area contributed by atoms with E-state index in [0.29, 0.717) is 24.8 Å². The summed E-state index contributed by atoms with van der Waals surface area (Å²) in [6, 6.07) is 12.5. The maximum absolute atomic E-state index is 12.3. The van der Waals surface area contributed by atoms with Gasteiger partial charge in [-0.1, -0.05) is 30.3 Å². The Labute approximate surface area is 150 Å². The monoisotopic (exact) mass is 341 g/mol. The number of methoxy groups -OCH3 is 1. The van der Waals surface area contributed by atoms with Crippen LogP contribution < -0.4 is 10.2 Å². The second kappa shape index (κ2) is 9.79. The van der Waals surface area contributed by atoms with Crippen molar-refractivity contribution in [3.8, 4) is 0 Å². The molecule has 1 amide bonds. The number of rotatable bonds is 9. The van der Waals surface area contributed by atoms with Gasteiger partial charge in [-0.2, -0.15) is 0 Å². The fourth-order valence-electron chi connectivity index (χ4n) is 2.58. The quantitative estimate of drug-likeness (QED) is 0.711. The number of nitrogens with zero attached hydrogens (tertiary/aromatic N) is 2. The largest absolute Gasteiger partial charge is 0.385 e. The van der Waals surface area contributed by atoms with Crippen LogP contribution in [0, 0.1) is 0 Å². The number of hydrogen-bond donors (Lipinski definition) is 1. The molecule has 0 aliphatic carbocycles. The lowest BCUT2D eigenvalue weighted by molar-refractivity contribution is 0.0948. The molecule has 25 heavy (non-hydrogen) atoms. The van der Waals surface area contributed by atoms with Crippen LogP contribution in [0.3, 0.4) is 0 Å². The maximum atomic E-state index is 12.3. The van der Waals surface area contributed by atoms with Gasteiger partial charge >= 0.3 is 0 Å². The smallest absolute Gasteiger partial charge is 0.252 e. The Morgan fingerprint density at radius 3 is 2.68 bits per heavy atom. The van der Waals surface area contributed by atoms with Gasteiger partial charge in [-0.3, -0.25) is 9.78 Å². The first kappa shape index (κ1) is 18.9. The first-order chi connectivity index (χ1) is 12.1. The van der Waals surface area contributed by atoms with Crippen molar-refractivity contribution < 1.29 is 9.53 Å². The third-order valence-electron chi connectivity index (χ3n) is 3.95. The molecule has 1 aromatic heterocycles. The van der Waals surface area contributed by atoms with E-state index in [2.05, 4.69) is 41.2 Å². The number of pyridine rings is 1. The number of hydrogen-bond acceptors (Lipinski definition) is 4. The van der Waals surface area contributed by atoms with E-state index in [9.17, 15) is 4.79 Å². The zero-order chi connectivity index (χ0) is 18.1. The standard InChI is InChI=1S/C20H27N3O2/c1-16(2)23(15-17-8-5-4-6-9-17)19-12-18(13-21-14-19)20(24)22-10-7-11-25-3/h4-6,8-9,12-14,16H,7,10-11,15H2,1-3H3,(H,22,24). The van der Waals surface area contributed by atoms with Crippen LogP contribution in [0.5, 0.6) is 0 Å². The molecule has 1 heterocycles. The van der Waals surface area contributed by atoms with Gasteiger partial charge < -0.3 is 15.0 Å². The second-order valence-electron chi connectivity index (χ2n) is 6.24. The van der Waals surface area contributed by atoms with Crippen molar-refractivity contribution in [1.29, 1.82) is 0 Å². The number of nitrogens with one attached hydrogen (secondary N) is 1. The van der Waals surface area contributed by atoms with Crippen LogP contribution in [-0.4, -0.2) is 37.2 Å². The molecule has 0 aliphatic rings. The number of ether oxygens (including phenoxy) is 1. The molecule has 0 unspecified atom stereocenters. The maximum Gasteiger partial charge on any atom is 0.252 e. The molecule has 2 aromatic rings. The number of carbonyl (C=O) groups is 1. The zero-order valence-electron chi connectivity index (χ0n) is 15.2. The normalized spacial score (nSPS) is 10.7. The molecule has 5 heteroatoms. The van der Waals surface area contributed by atoms with Gasteiger partial charge in [0.15, 0.2) is 0 Å². The SMILES string of the molecule is COCCCNC(=O)c1cncc(N(Cc2ccccc2)C(C)C)c1. The molecule has 0 bridgehead atoms. The number of aromatic nitrogens is 1. The summed E-state index contributed by atoms with van der Waals surface area (Å²) in [4.78, 5) is 18.8. The molecule has 0 fully saturated rings. The van der Waals surface area contributed by atoms with Gasteiger partial charge in [0, 0.05) is 39.0 Å². The first-order valence-electron chi connectivity index (χ1n) is 8.64. The highest BCUT2D eigenvalue weighted by Gasteiger charge is 2.14. The van der Waals surface area contributed by atoms with E-state index in [1.165, 1.54) is 5.56 Å². The minimum atomic E-state index is -0.103. The minimum Gasteiger partial charge on any atom is -0.385 e. The van der Waals surface area contributed by atoms with Crippen LogP contribution in [0.4, 0.5) is 5.69 Å². The van der Waals surface area contributed by atoms with E-state index >= 15 is 0 Å². The predicted molar refractivity (Wildman–Crippen MR) is 101 cm³/mol. The molecule has 0 spiro atoms. The van der Waals surface area contributed by atoms with E-state index in [1.54, 1.807) is 13.3 Å². The highest BCUT2D eigenvalue weighted by atomic mass is 16.5. The minimum absolute atomic E-state index is 0.103. The topological polar surface area (TPSA) is 54.5 Å². The van der Waals surface area contributed by atoms with Gasteiger partial charge in [0.2, 0.25) is 0 Å². The lowest BCUT2D eigenvalue weighted by Gasteiger charge is -2.29. The molecular formula is C20H27N3O2. The fraction of sp³-hybridized carbons (Fsp3) is 0.400. The number of amides is 1. The van der Waals surface area contributed by atoms with E-state index in [0.717, 1.165) is 18.7 Å². The summed E-state index contributed by atoms with van der Waals surface area (Å²) >= 11 is 0. The van der Waals surface area contributed by atoms with Crippen LogP contribution in [0.1, 0.15) is 36.2 Å². The Hall–Kier alpha value is -2.40. The second-order valence-corrected chi connectivity index (χ2v) is 6.24. The van der Waals surface area contributed by atoms with Crippen molar-refractivity contribution in [2.45, 2.75) is 32.9 Å². The molecule has 0 saturated carbocycles. The number of benzene rings is 1. The molecular weight excluding hydrogens is 314 g/mol. The Morgan fingerprint density at radius 2 is 2.00 bits per heavy atom. The Kier molecular flexibility index (Phi) is 7.41. The van der Waals surface area contributed by atoms with Crippen LogP contribution >= 0.6 is 0 Å². The van der Waals surface area contributed by atoms with Crippen molar-refractivity contribution >= 4 is 11.6 Å². The average molecular weight is 341 g/mol. The summed E-state index contributed by atoms with van der Waals surface area (Å²) in [5.74, 6) is -0.103. The average Bonchev–Trinajstić information content (AvgIpc) is 2.64. The molecule has 2 rings (SSSR count). The molecule has 0 radical (unpaired) electrons. The summed E-state index contributed by atoms with van der Waals surface area (Å²) in [6.45, 7) is 6.28. The molecule has 1 N–H and O–H groups in total. The van der Waals surface area contributed by atoms with Crippen LogP contribution in [-0.2, 0) is 11.3 Å². The van der Waals surface area contributed by atoms with E-state index in [1.807, 2.05) is 30.5 Å². The summed E-state index contributed by atoms with van der Waals surface area (Å²) in [7, 11) is 1.66. The summed E-state index contributed by atoms with van der Waals surface area (Å²) < 4.78 is 4.99. The van der Waals surface area contributed by atoms with Crippen molar-refractivity contribution in [2.24, 2.45) is 0 Å². The molecule has 5 nitrogen and oxygen atoms in total. The van der Waals surface area contributed by atoms with Gasteiger partial charge in [0.25, 0.3) is 5.91 Å². The molecule has 0 aliphatic heterocycles. The highest BCUT2D eigenvalue weighted by molar-refractivity contribution is 5.94. The van der Waals surface area contributed by atoms with Crippen molar-refractivity contribution in [2.75, 3.05) is 25.2 Å². The third-order valence-corrected chi connectivity index (χ3v) is 3.95. The van der Waals surface area contributed by atoms with Gasteiger partial charge in [0.05, 0.1) is 17.4 Å². The van der Waals surface area contributed by atoms with Gasteiger partial charge in [0.1, 0.15) is 0 Å². The third kappa shape index (κ3) is 5.87. The van der Waals surface area contributed by atoms with Gasteiger partial charge in [-0.25, -0.2) is 0 Å². The summed E-state index contributed by atoms with van der Waals surface area (Å²) in [5.41, 5.74) is 2.75. The van der Waals surface area contributed by atoms with Crippen molar-refractivity contribution in [1.82, 2.24) is 10.3 Å². The Morgan fingerprint density at radius 1 is 1.24 bits per heavy atom. The van der Waals surface area contributed by atoms with Gasteiger partial charge in [-0.15, -0.1) is 0 Å². The lowest BCUT2D eigenvalue weighted by Crippen LogP contribution is -2.31. The Balaban J connectivity index is 2.10. The summed E-state index contributed by atoms with van der Waals surface area (Å²) in [6.07, 6.45) is 4.21. The molecule has 0 saturated heterocycles. The highest BCUT2D eigenvalue weighted by Crippen LogP contribution is 2.20. The van der Waals surface area contributed by atoms with Gasteiger partial charge in [-0.05, 0) is 31.9 Å². The molecule has 0 atom stereocenters. The van der Waals surface area contributed by atoms with Crippen molar-refractivity contribution in [3.05, 3.63) is 59.9 Å². The molecule has 134 valence electrons. The molecule has 1 aromatic carbocycles. The predicted octanol–water partition coefficient (Wildman–Crippen LogP) is 3.26. The van der Waals surface area contributed by atoms with E-state index in [4.69, 9.17) is 4.74 Å². The van der Waals surface area contributed by atoms with E-state index < -0.39 is 0 Å². The van der Waals surface area contributed by atoms with Crippen LogP contribution in [0.15, 0.2) is 48.8 Å².